The second-order valence-corrected chi connectivity index (χ2v) is 5.10. The molecule has 1 aliphatic rings. The number of hydrogen-bond acceptors (Lipinski definition) is 3. The highest BCUT2D eigenvalue weighted by Crippen LogP contribution is 2.28. The lowest BCUT2D eigenvalue weighted by atomic mass is 9.97. The molecule has 0 spiro atoms. The summed E-state index contributed by atoms with van der Waals surface area (Å²) in [5.74, 6) is 0. The zero-order chi connectivity index (χ0) is 13.0. The van der Waals surface area contributed by atoms with Gasteiger partial charge in [-0.05, 0) is 30.2 Å². The third-order valence-corrected chi connectivity index (χ3v) is 3.70. The van der Waals surface area contributed by atoms with Crippen molar-refractivity contribution in [1.82, 2.24) is 10.2 Å². The van der Waals surface area contributed by atoms with Crippen molar-refractivity contribution in [3.63, 3.8) is 0 Å². The van der Waals surface area contributed by atoms with E-state index in [1.54, 1.807) is 0 Å². The van der Waals surface area contributed by atoms with Crippen LogP contribution in [0.25, 0.3) is 0 Å². The van der Waals surface area contributed by atoms with E-state index in [9.17, 15) is 0 Å². The van der Waals surface area contributed by atoms with Gasteiger partial charge < -0.3 is 5.32 Å². The Bertz CT molecular complexity index is 453. The SMILES string of the molecule is Cc1cc(Cl)ccc1[C@@H](CC#N)N1CCNCC1.Cl.Cl. The van der Waals surface area contributed by atoms with E-state index < -0.39 is 0 Å². The molecule has 0 aromatic heterocycles. The first-order valence-electron chi connectivity index (χ1n) is 6.30. The Morgan fingerprint density at radius 3 is 2.55 bits per heavy atom. The molecule has 0 bridgehead atoms. The summed E-state index contributed by atoms with van der Waals surface area (Å²) in [5, 5.41) is 13.2. The summed E-state index contributed by atoms with van der Waals surface area (Å²) in [5.41, 5.74) is 2.39. The van der Waals surface area contributed by atoms with Crippen molar-refractivity contribution >= 4 is 36.4 Å². The fraction of sp³-hybridized carbons (Fsp3) is 0.500. The van der Waals surface area contributed by atoms with Gasteiger partial charge in [-0.25, -0.2) is 0 Å². The Kier molecular flexibility index (Phi) is 9.20. The van der Waals surface area contributed by atoms with Gasteiger partial charge in [0.25, 0.3) is 0 Å². The van der Waals surface area contributed by atoms with Gasteiger partial charge in [-0.1, -0.05) is 17.7 Å². The van der Waals surface area contributed by atoms with E-state index in [4.69, 9.17) is 16.9 Å². The molecule has 1 fully saturated rings. The van der Waals surface area contributed by atoms with Crippen LogP contribution in [0.1, 0.15) is 23.6 Å². The van der Waals surface area contributed by atoms with Crippen LogP contribution in [0, 0.1) is 18.3 Å². The van der Waals surface area contributed by atoms with E-state index >= 15 is 0 Å². The molecule has 1 atom stereocenters. The molecule has 0 aliphatic carbocycles. The molecule has 112 valence electrons. The number of piperazine rings is 1. The number of nitrogens with zero attached hydrogens (tertiary/aromatic N) is 2. The zero-order valence-electron chi connectivity index (χ0n) is 11.4. The van der Waals surface area contributed by atoms with E-state index in [1.807, 2.05) is 12.1 Å². The number of benzene rings is 1. The normalized spacial score (nSPS) is 16.4. The Morgan fingerprint density at radius 2 is 2.00 bits per heavy atom. The molecular weight excluding hydrogens is 317 g/mol. The third-order valence-electron chi connectivity index (χ3n) is 3.47. The largest absolute Gasteiger partial charge is 0.314 e. The van der Waals surface area contributed by atoms with Crippen LogP contribution < -0.4 is 5.32 Å². The summed E-state index contributed by atoms with van der Waals surface area (Å²) in [4.78, 5) is 2.38. The molecule has 1 heterocycles. The molecule has 1 N–H and O–H groups in total. The quantitative estimate of drug-likeness (QED) is 0.920. The van der Waals surface area contributed by atoms with Crippen LogP contribution in [0.5, 0.6) is 0 Å². The molecule has 6 heteroatoms. The molecular formula is C14H20Cl3N3. The maximum atomic E-state index is 9.06. The Hall–Kier alpha value is -0.500. The topological polar surface area (TPSA) is 39.1 Å². The second kappa shape index (κ2) is 9.44. The molecule has 2 rings (SSSR count). The van der Waals surface area contributed by atoms with Crippen molar-refractivity contribution < 1.29 is 0 Å². The zero-order valence-corrected chi connectivity index (χ0v) is 13.8. The van der Waals surface area contributed by atoms with Crippen LogP contribution in [-0.4, -0.2) is 31.1 Å². The molecule has 0 unspecified atom stereocenters. The summed E-state index contributed by atoms with van der Waals surface area (Å²) in [6, 6.07) is 8.45. The average molecular weight is 337 g/mol. The van der Waals surface area contributed by atoms with Crippen molar-refractivity contribution in [1.29, 1.82) is 5.26 Å². The first-order valence-corrected chi connectivity index (χ1v) is 6.68. The van der Waals surface area contributed by atoms with Crippen LogP contribution in [0.3, 0.4) is 0 Å². The molecule has 1 aromatic rings. The summed E-state index contributed by atoms with van der Waals surface area (Å²) < 4.78 is 0. The van der Waals surface area contributed by atoms with Gasteiger partial charge in [-0.3, -0.25) is 4.90 Å². The van der Waals surface area contributed by atoms with Crippen molar-refractivity contribution in [2.75, 3.05) is 26.2 Å². The minimum absolute atomic E-state index is 0. The molecule has 0 saturated carbocycles. The van der Waals surface area contributed by atoms with Crippen LogP contribution in [0.4, 0.5) is 0 Å². The van der Waals surface area contributed by atoms with Gasteiger partial charge in [-0.15, -0.1) is 24.8 Å². The first-order chi connectivity index (χ1) is 8.72. The molecule has 1 aromatic carbocycles. The molecule has 3 nitrogen and oxygen atoms in total. The van der Waals surface area contributed by atoms with Crippen LogP contribution >= 0.6 is 36.4 Å². The molecule has 0 amide bonds. The standard InChI is InChI=1S/C14H18ClN3.2ClH/c1-11-10-12(15)2-3-13(11)14(4-5-16)18-8-6-17-7-9-18;;/h2-3,10,14,17H,4,6-9H2,1H3;2*1H/t14-;;/m1../s1. The molecule has 0 radical (unpaired) electrons. The fourth-order valence-corrected chi connectivity index (χ4v) is 2.76. The highest BCUT2D eigenvalue weighted by molar-refractivity contribution is 6.30. The predicted molar refractivity (Wildman–Crippen MR) is 88.1 cm³/mol. The van der Waals surface area contributed by atoms with Crippen molar-refractivity contribution in [3.8, 4) is 6.07 Å². The van der Waals surface area contributed by atoms with Crippen LogP contribution in [0.15, 0.2) is 18.2 Å². The first kappa shape index (κ1) is 19.5. The van der Waals surface area contributed by atoms with E-state index in [0.717, 1.165) is 31.2 Å². The number of nitriles is 1. The van der Waals surface area contributed by atoms with Crippen molar-refractivity contribution in [3.05, 3.63) is 34.3 Å². The second-order valence-electron chi connectivity index (χ2n) is 4.66. The number of hydrogen-bond donors (Lipinski definition) is 1. The van der Waals surface area contributed by atoms with Crippen LogP contribution in [-0.2, 0) is 0 Å². The summed E-state index contributed by atoms with van der Waals surface area (Å²) in [6.45, 7) is 6.04. The number of nitrogens with one attached hydrogen (secondary N) is 1. The number of aryl methyl sites for hydroxylation is 1. The molecule has 1 aliphatic heterocycles. The van der Waals surface area contributed by atoms with E-state index in [0.29, 0.717) is 6.42 Å². The number of halogens is 3. The van der Waals surface area contributed by atoms with E-state index in [-0.39, 0.29) is 30.9 Å². The Balaban J connectivity index is 0.00000180. The lowest BCUT2D eigenvalue weighted by molar-refractivity contribution is 0.175. The summed E-state index contributed by atoms with van der Waals surface area (Å²) in [7, 11) is 0. The number of rotatable bonds is 3. The van der Waals surface area contributed by atoms with Gasteiger partial charge in [0.2, 0.25) is 0 Å². The minimum Gasteiger partial charge on any atom is -0.314 e. The molecule has 20 heavy (non-hydrogen) atoms. The van der Waals surface area contributed by atoms with Gasteiger partial charge >= 0.3 is 0 Å². The Morgan fingerprint density at radius 1 is 1.35 bits per heavy atom. The van der Waals surface area contributed by atoms with Gasteiger partial charge in [0, 0.05) is 37.2 Å². The monoisotopic (exact) mass is 335 g/mol. The third kappa shape index (κ3) is 4.80. The van der Waals surface area contributed by atoms with Gasteiger partial charge in [-0.2, -0.15) is 5.26 Å². The maximum absolute atomic E-state index is 9.06. The molecule has 1 saturated heterocycles. The van der Waals surface area contributed by atoms with E-state index in [2.05, 4.69) is 29.3 Å². The maximum Gasteiger partial charge on any atom is 0.0641 e. The Labute approximate surface area is 138 Å². The lowest BCUT2D eigenvalue weighted by Crippen LogP contribution is -2.45. The summed E-state index contributed by atoms with van der Waals surface area (Å²) >= 11 is 6.00. The van der Waals surface area contributed by atoms with Crippen molar-refractivity contribution in [2.45, 2.75) is 19.4 Å². The van der Waals surface area contributed by atoms with Gasteiger partial charge in [0.05, 0.1) is 12.5 Å². The van der Waals surface area contributed by atoms with E-state index in [1.165, 1.54) is 11.1 Å². The highest BCUT2D eigenvalue weighted by atomic mass is 35.5. The predicted octanol–water partition coefficient (Wildman–Crippen LogP) is 3.35. The van der Waals surface area contributed by atoms with Gasteiger partial charge in [0.15, 0.2) is 0 Å². The summed E-state index contributed by atoms with van der Waals surface area (Å²) in [6.07, 6.45) is 0.530. The minimum atomic E-state index is 0. The average Bonchev–Trinajstić information content (AvgIpc) is 2.38. The highest BCUT2D eigenvalue weighted by Gasteiger charge is 2.23. The lowest BCUT2D eigenvalue weighted by Gasteiger charge is -2.34. The van der Waals surface area contributed by atoms with Gasteiger partial charge in [0.1, 0.15) is 0 Å². The van der Waals surface area contributed by atoms with Crippen molar-refractivity contribution in [2.24, 2.45) is 0 Å². The fourth-order valence-electron chi connectivity index (χ4n) is 2.53. The van der Waals surface area contributed by atoms with Crippen LogP contribution in [0.2, 0.25) is 5.02 Å². The smallest absolute Gasteiger partial charge is 0.0641 e.